The van der Waals surface area contributed by atoms with E-state index in [1.54, 1.807) is 4.90 Å². The summed E-state index contributed by atoms with van der Waals surface area (Å²) in [6.07, 6.45) is 8.91. The number of rotatable bonds is 6. The van der Waals surface area contributed by atoms with Crippen LogP contribution in [0.5, 0.6) is 11.8 Å². The highest BCUT2D eigenvalue weighted by Crippen LogP contribution is 2.43. The zero-order valence-electron chi connectivity index (χ0n) is 25.3. The summed E-state index contributed by atoms with van der Waals surface area (Å²) in [5.74, 6) is 0.652. The van der Waals surface area contributed by atoms with Crippen LogP contribution >= 0.6 is 0 Å². The molecule has 5 saturated heterocycles. The van der Waals surface area contributed by atoms with E-state index in [1.807, 2.05) is 4.90 Å². The number of carbonyl (C=O) groups excluding carboxylic acids is 1. The second kappa shape index (κ2) is 11.0. The van der Waals surface area contributed by atoms with Gasteiger partial charge in [-0.2, -0.15) is 9.97 Å². The smallest absolute Gasteiger partial charge is 0.319 e. The molecule has 5 fully saturated rings. The maximum Gasteiger partial charge on any atom is 0.319 e. The van der Waals surface area contributed by atoms with E-state index in [2.05, 4.69) is 20.8 Å². The summed E-state index contributed by atoms with van der Waals surface area (Å²) in [6, 6.07) is 4.93. The van der Waals surface area contributed by atoms with Crippen LogP contribution in [0.1, 0.15) is 31.2 Å². The van der Waals surface area contributed by atoms with E-state index >= 15 is 4.39 Å². The van der Waals surface area contributed by atoms with Crippen molar-refractivity contribution in [2.24, 2.45) is 0 Å². The van der Waals surface area contributed by atoms with Crippen molar-refractivity contribution in [1.29, 1.82) is 0 Å². The molecule has 0 saturated carbocycles. The number of alkyl halides is 1. The molecule has 4 aromatic rings. The van der Waals surface area contributed by atoms with E-state index < -0.39 is 30.0 Å². The number of carbonyl (C=O) groups is 1. The van der Waals surface area contributed by atoms with Gasteiger partial charge in [0.05, 0.1) is 28.6 Å². The number of hydrogen-bond acceptors (Lipinski definition) is 9. The SMILES string of the molecule is C#Cc1c(F)ccc2cc(O)cc(-c3ncc4c(N5CC6CC(C5)N6C(=O)CO)nc(OC[C@@]56CCCN5C[C@H](F)C6)nc4c3F)c12. The minimum Gasteiger partial charge on any atom is -0.508 e. The Morgan fingerprint density at radius 2 is 1.98 bits per heavy atom. The first kappa shape index (κ1) is 29.7. The van der Waals surface area contributed by atoms with Gasteiger partial charge in [0.25, 0.3) is 0 Å². The number of nitrogens with zero attached hydrogens (tertiary/aromatic N) is 6. The number of aliphatic hydroxyl groups is 1. The Labute approximate surface area is 267 Å². The summed E-state index contributed by atoms with van der Waals surface area (Å²) in [5.41, 5.74) is -0.804. The molecule has 5 aliphatic rings. The number of halogens is 3. The molecular weight excluding hydrogens is 613 g/mol. The average Bonchev–Trinajstić information content (AvgIpc) is 3.59. The fraction of sp³-hybridized carbons (Fsp3) is 0.412. The van der Waals surface area contributed by atoms with Gasteiger partial charge in [-0.15, -0.1) is 6.42 Å². The van der Waals surface area contributed by atoms with Gasteiger partial charge in [-0.1, -0.05) is 12.0 Å². The van der Waals surface area contributed by atoms with Crippen LogP contribution in [0.3, 0.4) is 0 Å². The summed E-state index contributed by atoms with van der Waals surface area (Å²) < 4.78 is 52.3. The monoisotopic (exact) mass is 644 g/mol. The Morgan fingerprint density at radius 1 is 1.17 bits per heavy atom. The molecule has 13 heteroatoms. The number of benzene rings is 2. The van der Waals surface area contributed by atoms with E-state index in [4.69, 9.17) is 16.1 Å². The molecule has 1 amide bonds. The molecule has 2 unspecified atom stereocenters. The standard InChI is InChI=1S/C34H31F3N6O4/c1-2-23-26(36)5-4-18-8-22(45)10-24(28(18)23)30-29(37)31-25(12-38-30)32(41-14-20-9-21(15-41)43(20)27(46)16-44)40-33(39-31)47-17-34-6-3-7-42(34)13-19(35)11-34/h1,4-5,8,10,12,19-21,44-45H,3,6-7,9,11,13-17H2/t19-,20?,21?,34+/m1/s1. The second-order valence-electron chi connectivity index (χ2n) is 12.9. The number of aromatic nitrogens is 3. The highest BCUT2D eigenvalue weighted by atomic mass is 19.1. The number of piperidine rings is 1. The number of terminal acetylenes is 1. The highest BCUT2D eigenvalue weighted by Gasteiger charge is 2.50. The van der Waals surface area contributed by atoms with Crippen molar-refractivity contribution in [3.8, 4) is 35.4 Å². The molecule has 10 nitrogen and oxygen atoms in total. The fourth-order valence-electron chi connectivity index (χ4n) is 8.19. The first-order valence-electron chi connectivity index (χ1n) is 15.7. The zero-order chi connectivity index (χ0) is 32.6. The summed E-state index contributed by atoms with van der Waals surface area (Å²) in [7, 11) is 0. The van der Waals surface area contributed by atoms with Crippen molar-refractivity contribution in [2.45, 2.75) is 49.5 Å². The summed E-state index contributed by atoms with van der Waals surface area (Å²) >= 11 is 0. The number of phenols is 1. The molecule has 2 N–H and O–H groups in total. The molecule has 9 rings (SSSR count). The predicted octanol–water partition coefficient (Wildman–Crippen LogP) is 3.55. The van der Waals surface area contributed by atoms with Gasteiger partial charge in [-0.3, -0.25) is 14.7 Å². The van der Waals surface area contributed by atoms with Crippen LogP contribution < -0.4 is 9.64 Å². The van der Waals surface area contributed by atoms with Gasteiger partial charge in [0.2, 0.25) is 5.91 Å². The van der Waals surface area contributed by atoms with Crippen LogP contribution in [0.4, 0.5) is 19.0 Å². The molecule has 5 aliphatic heterocycles. The molecule has 2 aromatic carbocycles. The number of ether oxygens (including phenoxy) is 1. The van der Waals surface area contributed by atoms with Crippen molar-refractivity contribution < 1.29 is 32.9 Å². The van der Waals surface area contributed by atoms with Crippen LogP contribution in [-0.2, 0) is 4.79 Å². The average molecular weight is 645 g/mol. The molecule has 0 aliphatic carbocycles. The topological polar surface area (TPSA) is 115 Å². The van der Waals surface area contributed by atoms with Crippen molar-refractivity contribution in [2.75, 3.05) is 44.3 Å². The number of phenolic OH excluding ortho intramolecular Hbond substituents is 1. The Morgan fingerprint density at radius 3 is 2.74 bits per heavy atom. The van der Waals surface area contributed by atoms with Gasteiger partial charge in [0.15, 0.2) is 5.82 Å². The number of aliphatic hydroxyl groups excluding tert-OH is 1. The van der Waals surface area contributed by atoms with Crippen molar-refractivity contribution >= 4 is 33.4 Å². The Balaban J connectivity index is 1.25. The first-order valence-corrected chi connectivity index (χ1v) is 15.7. The molecule has 2 aromatic heterocycles. The third-order valence-electron chi connectivity index (χ3n) is 10.2. The lowest BCUT2D eigenvalue weighted by molar-refractivity contribution is -0.149. The Kier molecular flexibility index (Phi) is 6.93. The Bertz CT molecular complexity index is 1990. The Hall–Kier alpha value is -4.67. The first-order chi connectivity index (χ1) is 22.7. The molecule has 4 atom stereocenters. The van der Waals surface area contributed by atoms with Crippen molar-refractivity contribution in [3.05, 3.63) is 47.7 Å². The molecular formula is C34H31F3N6O4. The zero-order valence-corrected chi connectivity index (χ0v) is 25.3. The number of hydrogen-bond donors (Lipinski definition) is 2. The van der Waals surface area contributed by atoms with E-state index in [9.17, 15) is 23.8 Å². The molecule has 0 radical (unpaired) electrons. The van der Waals surface area contributed by atoms with Gasteiger partial charge in [0.1, 0.15) is 48.0 Å². The van der Waals surface area contributed by atoms with Gasteiger partial charge in [-0.05, 0) is 49.4 Å². The number of fused-ring (bicyclic) bond motifs is 5. The molecule has 2 bridgehead atoms. The van der Waals surface area contributed by atoms with Gasteiger partial charge < -0.3 is 24.7 Å². The number of piperazine rings is 1. The van der Waals surface area contributed by atoms with Gasteiger partial charge in [-0.25, -0.2) is 13.2 Å². The lowest BCUT2D eigenvalue weighted by Gasteiger charge is -2.56. The minimum atomic E-state index is -0.961. The van der Waals surface area contributed by atoms with Gasteiger partial charge >= 0.3 is 6.01 Å². The van der Waals surface area contributed by atoms with E-state index in [-0.39, 0.29) is 69.5 Å². The summed E-state index contributed by atoms with van der Waals surface area (Å²) in [4.78, 5) is 31.7. The van der Waals surface area contributed by atoms with Gasteiger partial charge in [0, 0.05) is 43.2 Å². The van der Waals surface area contributed by atoms with Crippen LogP contribution in [0.15, 0.2) is 30.5 Å². The van der Waals surface area contributed by atoms with E-state index in [0.29, 0.717) is 37.3 Å². The second-order valence-corrected chi connectivity index (χ2v) is 12.9. The number of pyridine rings is 1. The van der Waals surface area contributed by atoms with E-state index in [0.717, 1.165) is 25.8 Å². The van der Waals surface area contributed by atoms with E-state index in [1.165, 1.54) is 30.5 Å². The third-order valence-corrected chi connectivity index (χ3v) is 10.2. The maximum absolute atomic E-state index is 16.8. The van der Waals surface area contributed by atoms with Crippen molar-refractivity contribution in [3.63, 3.8) is 0 Å². The number of aromatic hydroxyl groups is 1. The van der Waals surface area contributed by atoms with Crippen LogP contribution in [-0.4, -0.2) is 104 Å². The predicted molar refractivity (Wildman–Crippen MR) is 167 cm³/mol. The fourth-order valence-corrected chi connectivity index (χ4v) is 8.19. The summed E-state index contributed by atoms with van der Waals surface area (Å²) in [5, 5.41) is 20.9. The lowest BCUT2D eigenvalue weighted by atomic mass is 9.87. The number of anilines is 1. The lowest BCUT2D eigenvalue weighted by Crippen LogP contribution is -2.70. The largest absolute Gasteiger partial charge is 0.508 e. The normalized spacial score (nSPS) is 25.2. The highest BCUT2D eigenvalue weighted by molar-refractivity contribution is 6.03. The molecule has 7 heterocycles. The molecule has 47 heavy (non-hydrogen) atoms. The molecule has 0 spiro atoms. The van der Waals surface area contributed by atoms with Crippen molar-refractivity contribution in [1.82, 2.24) is 24.8 Å². The van der Waals surface area contributed by atoms with Crippen LogP contribution in [0.2, 0.25) is 0 Å². The van der Waals surface area contributed by atoms with Crippen LogP contribution in [0, 0.1) is 24.0 Å². The molecule has 242 valence electrons. The minimum absolute atomic E-state index is 0.0901. The maximum atomic E-state index is 16.8. The number of amides is 1. The summed E-state index contributed by atoms with van der Waals surface area (Å²) in [6.45, 7) is 1.45. The quantitative estimate of drug-likeness (QED) is 0.304. The van der Waals surface area contributed by atoms with Crippen LogP contribution in [0.25, 0.3) is 32.9 Å². The third kappa shape index (κ3) is 4.64.